The lowest BCUT2D eigenvalue weighted by Crippen LogP contribution is -2.07. The standard InChI is InChI=1S/C11H23N/c1-5-6-10(4)7-8-11(12)9(2)3/h9-10,12H,5-8H2,1-4H3. The molecule has 0 saturated carbocycles. The van der Waals surface area contributed by atoms with Crippen LogP contribution in [0.25, 0.3) is 0 Å². The molecule has 0 bridgehead atoms. The van der Waals surface area contributed by atoms with Crippen LogP contribution < -0.4 is 0 Å². The molecule has 1 atom stereocenters. The number of hydrogen-bond acceptors (Lipinski definition) is 1. The topological polar surface area (TPSA) is 23.9 Å². The zero-order valence-corrected chi connectivity index (χ0v) is 8.98. The van der Waals surface area contributed by atoms with Gasteiger partial charge in [0.25, 0.3) is 0 Å². The molecule has 12 heavy (non-hydrogen) atoms. The molecule has 0 rings (SSSR count). The van der Waals surface area contributed by atoms with Gasteiger partial charge in [0, 0.05) is 5.71 Å². The van der Waals surface area contributed by atoms with Crippen molar-refractivity contribution in [3.8, 4) is 0 Å². The third-order valence-electron chi connectivity index (χ3n) is 2.38. The highest BCUT2D eigenvalue weighted by molar-refractivity contribution is 5.83. The predicted octanol–water partition coefficient (Wildman–Crippen LogP) is 3.88. The van der Waals surface area contributed by atoms with Gasteiger partial charge in [-0.15, -0.1) is 0 Å². The van der Waals surface area contributed by atoms with Crippen LogP contribution >= 0.6 is 0 Å². The van der Waals surface area contributed by atoms with E-state index in [-0.39, 0.29) is 0 Å². The first-order valence-electron chi connectivity index (χ1n) is 5.15. The molecule has 0 aliphatic carbocycles. The molecule has 0 aliphatic heterocycles. The van der Waals surface area contributed by atoms with Gasteiger partial charge >= 0.3 is 0 Å². The van der Waals surface area contributed by atoms with Crippen molar-refractivity contribution in [2.75, 3.05) is 0 Å². The highest BCUT2D eigenvalue weighted by Crippen LogP contribution is 2.14. The van der Waals surface area contributed by atoms with Crippen molar-refractivity contribution >= 4 is 5.71 Å². The van der Waals surface area contributed by atoms with Gasteiger partial charge < -0.3 is 5.41 Å². The second kappa shape index (κ2) is 6.22. The third kappa shape index (κ3) is 5.34. The van der Waals surface area contributed by atoms with Gasteiger partial charge in [-0.1, -0.05) is 40.5 Å². The average molecular weight is 169 g/mol. The summed E-state index contributed by atoms with van der Waals surface area (Å²) in [6, 6.07) is 0. The minimum atomic E-state index is 0.443. The summed E-state index contributed by atoms with van der Waals surface area (Å²) in [5, 5.41) is 7.67. The van der Waals surface area contributed by atoms with Crippen molar-refractivity contribution in [3.63, 3.8) is 0 Å². The summed E-state index contributed by atoms with van der Waals surface area (Å²) < 4.78 is 0. The highest BCUT2D eigenvalue weighted by Gasteiger charge is 2.05. The Bertz CT molecular complexity index is 127. The Morgan fingerprint density at radius 1 is 1.17 bits per heavy atom. The summed E-state index contributed by atoms with van der Waals surface area (Å²) in [5.74, 6) is 1.24. The van der Waals surface area contributed by atoms with Crippen LogP contribution in [0.1, 0.15) is 53.4 Å². The third-order valence-corrected chi connectivity index (χ3v) is 2.38. The van der Waals surface area contributed by atoms with Gasteiger partial charge in [-0.25, -0.2) is 0 Å². The largest absolute Gasteiger partial charge is 0.309 e. The summed E-state index contributed by atoms with van der Waals surface area (Å²) in [6.07, 6.45) is 4.78. The van der Waals surface area contributed by atoms with E-state index in [4.69, 9.17) is 5.41 Å². The first-order valence-corrected chi connectivity index (χ1v) is 5.15. The SMILES string of the molecule is CCCC(C)CCC(=N)C(C)C. The van der Waals surface area contributed by atoms with Crippen LogP contribution in [-0.4, -0.2) is 5.71 Å². The van der Waals surface area contributed by atoms with Gasteiger partial charge in [0.15, 0.2) is 0 Å². The Balaban J connectivity index is 3.47. The Kier molecular flexibility index (Phi) is 6.04. The van der Waals surface area contributed by atoms with Crippen LogP contribution in [0.5, 0.6) is 0 Å². The monoisotopic (exact) mass is 169 g/mol. The lowest BCUT2D eigenvalue weighted by Gasteiger charge is -2.11. The second-order valence-corrected chi connectivity index (χ2v) is 4.11. The molecule has 1 N–H and O–H groups in total. The molecule has 1 heteroatoms. The van der Waals surface area contributed by atoms with E-state index in [0.29, 0.717) is 5.92 Å². The normalized spacial score (nSPS) is 13.4. The van der Waals surface area contributed by atoms with Crippen molar-refractivity contribution in [2.24, 2.45) is 11.8 Å². The first-order chi connectivity index (χ1) is 5.57. The van der Waals surface area contributed by atoms with Crippen LogP contribution in [0.4, 0.5) is 0 Å². The average Bonchev–Trinajstić information content (AvgIpc) is 2.00. The molecule has 0 aromatic heterocycles. The van der Waals surface area contributed by atoms with Crippen molar-refractivity contribution in [1.82, 2.24) is 0 Å². The molecule has 0 amide bonds. The van der Waals surface area contributed by atoms with E-state index in [9.17, 15) is 0 Å². The summed E-state index contributed by atoms with van der Waals surface area (Å²) in [7, 11) is 0. The van der Waals surface area contributed by atoms with Crippen molar-refractivity contribution in [1.29, 1.82) is 5.41 Å². The molecule has 0 spiro atoms. The maximum absolute atomic E-state index is 7.67. The van der Waals surface area contributed by atoms with Gasteiger partial charge in [0.05, 0.1) is 0 Å². The molecular formula is C11H23N. The van der Waals surface area contributed by atoms with Gasteiger partial charge in [-0.2, -0.15) is 0 Å². The zero-order chi connectivity index (χ0) is 9.56. The molecule has 0 heterocycles. The highest BCUT2D eigenvalue weighted by atomic mass is 14.4. The van der Waals surface area contributed by atoms with E-state index in [0.717, 1.165) is 18.1 Å². The maximum atomic E-state index is 7.67. The van der Waals surface area contributed by atoms with Crippen molar-refractivity contribution in [3.05, 3.63) is 0 Å². The van der Waals surface area contributed by atoms with E-state index in [2.05, 4.69) is 27.7 Å². The number of hydrogen-bond donors (Lipinski definition) is 1. The van der Waals surface area contributed by atoms with Crippen LogP contribution in [0.15, 0.2) is 0 Å². The molecule has 1 unspecified atom stereocenters. The minimum absolute atomic E-state index is 0.443. The lowest BCUT2D eigenvalue weighted by molar-refractivity contribution is 0.492. The molecule has 0 saturated heterocycles. The van der Waals surface area contributed by atoms with Crippen molar-refractivity contribution in [2.45, 2.75) is 53.4 Å². The molecule has 1 nitrogen and oxygen atoms in total. The van der Waals surface area contributed by atoms with E-state index in [1.807, 2.05) is 0 Å². The zero-order valence-electron chi connectivity index (χ0n) is 8.98. The maximum Gasteiger partial charge on any atom is 0.0115 e. The molecule has 0 aromatic rings. The Morgan fingerprint density at radius 3 is 2.17 bits per heavy atom. The Labute approximate surface area is 77.1 Å². The quantitative estimate of drug-likeness (QED) is 0.583. The lowest BCUT2D eigenvalue weighted by atomic mass is 9.95. The van der Waals surface area contributed by atoms with E-state index >= 15 is 0 Å². The fraction of sp³-hybridized carbons (Fsp3) is 0.909. The smallest absolute Gasteiger partial charge is 0.0115 e. The summed E-state index contributed by atoms with van der Waals surface area (Å²) in [4.78, 5) is 0. The van der Waals surface area contributed by atoms with Gasteiger partial charge in [0.2, 0.25) is 0 Å². The molecule has 0 aromatic carbocycles. The van der Waals surface area contributed by atoms with Crippen molar-refractivity contribution < 1.29 is 0 Å². The Morgan fingerprint density at radius 2 is 1.75 bits per heavy atom. The van der Waals surface area contributed by atoms with E-state index in [1.165, 1.54) is 19.3 Å². The number of nitrogens with one attached hydrogen (secondary N) is 1. The van der Waals surface area contributed by atoms with Gasteiger partial charge in [-0.3, -0.25) is 0 Å². The molecule has 0 radical (unpaired) electrons. The van der Waals surface area contributed by atoms with Crippen LogP contribution in [0.3, 0.4) is 0 Å². The molecule has 0 aliphatic rings. The summed E-state index contributed by atoms with van der Waals surface area (Å²) in [6.45, 7) is 8.72. The second-order valence-electron chi connectivity index (χ2n) is 4.11. The van der Waals surface area contributed by atoms with E-state index in [1.54, 1.807) is 0 Å². The number of rotatable bonds is 6. The minimum Gasteiger partial charge on any atom is -0.309 e. The van der Waals surface area contributed by atoms with Crippen LogP contribution in [-0.2, 0) is 0 Å². The van der Waals surface area contributed by atoms with Crippen LogP contribution in [0, 0.1) is 17.2 Å². The first kappa shape index (κ1) is 11.7. The fourth-order valence-corrected chi connectivity index (χ4v) is 1.33. The van der Waals surface area contributed by atoms with Gasteiger partial charge in [-0.05, 0) is 24.7 Å². The predicted molar refractivity (Wildman–Crippen MR) is 55.9 cm³/mol. The molecule has 72 valence electrons. The molecular weight excluding hydrogens is 146 g/mol. The fourth-order valence-electron chi connectivity index (χ4n) is 1.33. The van der Waals surface area contributed by atoms with E-state index < -0.39 is 0 Å². The summed E-state index contributed by atoms with van der Waals surface area (Å²) >= 11 is 0. The van der Waals surface area contributed by atoms with Gasteiger partial charge in [0.1, 0.15) is 0 Å². The Hall–Kier alpha value is -0.330. The summed E-state index contributed by atoms with van der Waals surface area (Å²) in [5.41, 5.74) is 0.915. The molecule has 0 fully saturated rings. The van der Waals surface area contributed by atoms with Crippen LogP contribution in [0.2, 0.25) is 0 Å².